The summed E-state index contributed by atoms with van der Waals surface area (Å²) in [7, 11) is 1.33. The monoisotopic (exact) mass is 315 g/mol. The highest BCUT2D eigenvalue weighted by molar-refractivity contribution is 5.83. The molecule has 0 aliphatic rings. The Labute approximate surface area is 139 Å². The summed E-state index contributed by atoms with van der Waals surface area (Å²) < 4.78 is 28.5. The Morgan fingerprint density at radius 3 is 2.61 bits per heavy atom. The third kappa shape index (κ3) is 3.04. The highest BCUT2D eigenvalue weighted by Crippen LogP contribution is 2.36. The van der Waals surface area contributed by atoms with Gasteiger partial charge in [-0.1, -0.05) is 24.3 Å². The zero-order valence-electron chi connectivity index (χ0n) is 16.2. The predicted octanol–water partition coefficient (Wildman–Crippen LogP) is 3.54. The molecule has 0 bridgehead atoms. The lowest BCUT2D eigenvalue weighted by molar-refractivity contribution is -0.141. The second-order valence-electron chi connectivity index (χ2n) is 5.18. The molecule has 2 N–H and O–H groups in total. The molecule has 1 aromatic carbocycles. The SMILES string of the molecule is [2H]C([2H])([2H])C(C)n1nc(-c2ccc(C(C)C(=O)OC)cc2)c([N+]#[C-])c1N. The molecule has 0 amide bonds. The summed E-state index contributed by atoms with van der Waals surface area (Å²) in [6.07, 6.45) is 0. The number of carbonyl (C=O) groups excluding carboxylic acids is 1. The van der Waals surface area contributed by atoms with E-state index < -0.39 is 18.8 Å². The molecule has 0 aliphatic heterocycles. The number of nitrogen functional groups attached to an aromatic ring is 1. The summed E-state index contributed by atoms with van der Waals surface area (Å²) in [6.45, 7) is 8.28. The van der Waals surface area contributed by atoms with Gasteiger partial charge in [0.15, 0.2) is 0 Å². The van der Waals surface area contributed by atoms with E-state index in [1.807, 2.05) is 0 Å². The number of hydrogen-bond donors (Lipinski definition) is 1. The third-order valence-corrected chi connectivity index (χ3v) is 3.64. The molecule has 0 spiro atoms. The van der Waals surface area contributed by atoms with Crippen molar-refractivity contribution in [3.8, 4) is 11.3 Å². The number of methoxy groups -OCH3 is 1. The van der Waals surface area contributed by atoms with Gasteiger partial charge in [-0.25, -0.2) is 4.85 Å². The van der Waals surface area contributed by atoms with Gasteiger partial charge >= 0.3 is 5.97 Å². The molecule has 6 heteroatoms. The molecule has 6 nitrogen and oxygen atoms in total. The van der Waals surface area contributed by atoms with E-state index in [1.165, 1.54) is 18.7 Å². The van der Waals surface area contributed by atoms with Crippen molar-refractivity contribution in [1.29, 1.82) is 0 Å². The topological polar surface area (TPSA) is 74.5 Å². The van der Waals surface area contributed by atoms with Crippen molar-refractivity contribution in [3.63, 3.8) is 0 Å². The van der Waals surface area contributed by atoms with Gasteiger partial charge in [-0.05, 0) is 31.8 Å². The van der Waals surface area contributed by atoms with Gasteiger partial charge < -0.3 is 10.5 Å². The van der Waals surface area contributed by atoms with Gasteiger partial charge in [-0.15, -0.1) is 0 Å². The van der Waals surface area contributed by atoms with E-state index >= 15 is 0 Å². The smallest absolute Gasteiger partial charge is 0.312 e. The van der Waals surface area contributed by atoms with E-state index in [0.29, 0.717) is 11.3 Å². The van der Waals surface area contributed by atoms with Crippen LogP contribution in [0.25, 0.3) is 16.1 Å². The number of anilines is 1. The number of carbonyl (C=O) groups is 1. The molecule has 0 fully saturated rings. The summed E-state index contributed by atoms with van der Waals surface area (Å²) >= 11 is 0. The lowest BCUT2D eigenvalue weighted by Gasteiger charge is -2.10. The summed E-state index contributed by atoms with van der Waals surface area (Å²) in [5.41, 5.74) is 7.75. The quantitative estimate of drug-likeness (QED) is 0.691. The van der Waals surface area contributed by atoms with Crippen LogP contribution in [-0.2, 0) is 9.53 Å². The molecule has 120 valence electrons. The Morgan fingerprint density at radius 1 is 1.43 bits per heavy atom. The lowest BCUT2D eigenvalue weighted by atomic mass is 9.99. The second-order valence-corrected chi connectivity index (χ2v) is 5.18. The molecule has 0 saturated carbocycles. The van der Waals surface area contributed by atoms with Crippen LogP contribution in [0.3, 0.4) is 0 Å². The van der Waals surface area contributed by atoms with Crippen LogP contribution in [0.4, 0.5) is 11.5 Å². The molecule has 2 atom stereocenters. The summed E-state index contributed by atoms with van der Waals surface area (Å²) in [5, 5.41) is 4.27. The molecule has 0 saturated heterocycles. The zero-order chi connectivity index (χ0) is 19.6. The van der Waals surface area contributed by atoms with Crippen molar-refractivity contribution in [2.75, 3.05) is 12.8 Å². The van der Waals surface area contributed by atoms with E-state index in [9.17, 15) is 4.79 Å². The fourth-order valence-corrected chi connectivity index (χ4v) is 2.28. The average molecular weight is 315 g/mol. The highest BCUT2D eigenvalue weighted by atomic mass is 16.5. The van der Waals surface area contributed by atoms with Crippen LogP contribution in [0, 0.1) is 6.57 Å². The Hall–Kier alpha value is -2.81. The minimum Gasteiger partial charge on any atom is -0.469 e. The van der Waals surface area contributed by atoms with Crippen LogP contribution in [0.15, 0.2) is 24.3 Å². The zero-order valence-corrected chi connectivity index (χ0v) is 13.2. The largest absolute Gasteiger partial charge is 0.469 e. The van der Waals surface area contributed by atoms with Crippen molar-refractivity contribution >= 4 is 17.5 Å². The molecular weight excluding hydrogens is 292 g/mol. The summed E-state index contributed by atoms with van der Waals surface area (Å²) in [4.78, 5) is 15.1. The molecule has 1 heterocycles. The highest BCUT2D eigenvalue weighted by Gasteiger charge is 2.20. The fraction of sp³-hybridized carbons (Fsp3) is 0.353. The van der Waals surface area contributed by atoms with Crippen LogP contribution in [0.1, 0.15) is 42.3 Å². The van der Waals surface area contributed by atoms with Gasteiger partial charge in [0.2, 0.25) is 0 Å². The summed E-state index contributed by atoms with van der Waals surface area (Å²) in [6, 6.07) is 5.96. The van der Waals surface area contributed by atoms with Crippen LogP contribution in [-0.4, -0.2) is 22.9 Å². The minimum absolute atomic E-state index is 0.0191. The predicted molar refractivity (Wildman–Crippen MR) is 89.2 cm³/mol. The average Bonchev–Trinajstić information content (AvgIpc) is 2.95. The van der Waals surface area contributed by atoms with Crippen molar-refractivity contribution in [2.24, 2.45) is 0 Å². The van der Waals surface area contributed by atoms with Gasteiger partial charge in [0.05, 0.1) is 19.6 Å². The van der Waals surface area contributed by atoms with Gasteiger partial charge in [0, 0.05) is 10.2 Å². The molecule has 0 radical (unpaired) electrons. The number of esters is 1. The van der Waals surface area contributed by atoms with E-state index in [1.54, 1.807) is 31.2 Å². The Balaban J connectivity index is 2.46. The second kappa shape index (κ2) is 6.53. The Bertz CT molecular complexity index is 851. The number of hydrogen-bond acceptors (Lipinski definition) is 4. The Morgan fingerprint density at radius 2 is 2.09 bits per heavy atom. The molecular formula is C17H20N4O2. The van der Waals surface area contributed by atoms with E-state index in [0.717, 1.165) is 5.56 Å². The third-order valence-electron chi connectivity index (χ3n) is 3.64. The molecule has 0 aliphatic carbocycles. The van der Waals surface area contributed by atoms with Crippen molar-refractivity contribution < 1.29 is 13.6 Å². The number of benzene rings is 1. The maximum atomic E-state index is 11.6. The Kier molecular flexibility index (Phi) is 3.61. The minimum atomic E-state index is -2.30. The first-order valence-corrected chi connectivity index (χ1v) is 7.05. The first-order valence-electron chi connectivity index (χ1n) is 8.55. The molecule has 2 rings (SSSR count). The first-order chi connectivity index (χ1) is 12.1. The normalized spacial score (nSPS) is 15.7. The van der Waals surface area contributed by atoms with E-state index in [-0.39, 0.29) is 17.5 Å². The first kappa shape index (κ1) is 12.7. The fourth-order valence-electron chi connectivity index (χ4n) is 2.28. The van der Waals surface area contributed by atoms with Gasteiger partial charge in [-0.2, -0.15) is 5.10 Å². The van der Waals surface area contributed by atoms with Crippen LogP contribution < -0.4 is 5.73 Å². The number of ether oxygens (including phenoxy) is 1. The van der Waals surface area contributed by atoms with Gasteiger partial charge in [0.1, 0.15) is 11.5 Å². The van der Waals surface area contributed by atoms with E-state index in [2.05, 4.69) is 9.94 Å². The number of nitrogens with zero attached hydrogens (tertiary/aromatic N) is 3. The molecule has 2 unspecified atom stereocenters. The maximum absolute atomic E-state index is 11.6. The number of rotatable bonds is 4. The van der Waals surface area contributed by atoms with Crippen molar-refractivity contribution in [2.45, 2.75) is 32.7 Å². The van der Waals surface area contributed by atoms with Crippen LogP contribution >= 0.6 is 0 Å². The van der Waals surface area contributed by atoms with Gasteiger partial charge in [-0.3, -0.25) is 9.48 Å². The number of nitrogens with two attached hydrogens (primary N) is 1. The van der Waals surface area contributed by atoms with Crippen LogP contribution in [0.2, 0.25) is 0 Å². The van der Waals surface area contributed by atoms with Crippen molar-refractivity contribution in [1.82, 2.24) is 9.78 Å². The molecule has 1 aromatic heterocycles. The van der Waals surface area contributed by atoms with Gasteiger partial charge in [0.25, 0.3) is 5.69 Å². The van der Waals surface area contributed by atoms with E-state index in [4.69, 9.17) is 21.2 Å². The lowest BCUT2D eigenvalue weighted by Crippen LogP contribution is -2.10. The van der Waals surface area contributed by atoms with Crippen molar-refractivity contribution in [3.05, 3.63) is 41.2 Å². The molecule has 23 heavy (non-hydrogen) atoms. The molecule has 2 aromatic rings. The standard InChI is InChI=1S/C17H20N4O2/c1-10(2)21-16(18)15(19-4)14(20-21)13-8-6-12(7-9-13)11(3)17(22)23-5/h6-11H,18H2,1-3,5H3/i1D3. The van der Waals surface area contributed by atoms with Crippen LogP contribution in [0.5, 0.6) is 0 Å². The maximum Gasteiger partial charge on any atom is 0.312 e. The summed E-state index contributed by atoms with van der Waals surface area (Å²) in [5.74, 6) is -0.752. The number of aromatic nitrogens is 2.